The highest BCUT2D eigenvalue weighted by Gasteiger charge is 2.09. The van der Waals surface area contributed by atoms with Gasteiger partial charge in [0.05, 0.1) is 20.5 Å². The van der Waals surface area contributed by atoms with Gasteiger partial charge >= 0.3 is 5.97 Å². The fourth-order valence-corrected chi connectivity index (χ4v) is 1.83. The van der Waals surface area contributed by atoms with Gasteiger partial charge in [-0.25, -0.2) is 4.79 Å². The van der Waals surface area contributed by atoms with Gasteiger partial charge in [0.25, 0.3) is 5.91 Å². The molecule has 0 aliphatic rings. The van der Waals surface area contributed by atoms with E-state index in [1.807, 2.05) is 0 Å². The summed E-state index contributed by atoms with van der Waals surface area (Å²) >= 11 is 0. The van der Waals surface area contributed by atoms with E-state index in [4.69, 9.17) is 18.6 Å². The number of amides is 1. The lowest BCUT2D eigenvalue weighted by Gasteiger charge is -2.10. The fraction of sp³-hybridized carbons (Fsp3) is 0.176. The number of carbonyl (C=O) groups is 2. The van der Waals surface area contributed by atoms with Crippen molar-refractivity contribution in [3.63, 3.8) is 0 Å². The van der Waals surface area contributed by atoms with Crippen LogP contribution in [0.5, 0.6) is 11.5 Å². The van der Waals surface area contributed by atoms with Crippen molar-refractivity contribution in [3.8, 4) is 11.5 Å². The lowest BCUT2D eigenvalue weighted by Crippen LogP contribution is -2.20. The van der Waals surface area contributed by atoms with E-state index in [0.29, 0.717) is 22.9 Å². The van der Waals surface area contributed by atoms with Gasteiger partial charge in [-0.05, 0) is 30.3 Å². The Morgan fingerprint density at radius 2 is 1.96 bits per heavy atom. The molecule has 24 heavy (non-hydrogen) atoms. The van der Waals surface area contributed by atoms with Crippen LogP contribution in [0.2, 0.25) is 0 Å². The molecule has 0 unspecified atom stereocenters. The van der Waals surface area contributed by atoms with Gasteiger partial charge in [-0.3, -0.25) is 4.79 Å². The Morgan fingerprint density at radius 3 is 2.62 bits per heavy atom. The first kappa shape index (κ1) is 17.1. The lowest BCUT2D eigenvalue weighted by atomic mass is 10.2. The standard InChI is InChI=1S/C17H17NO6/c1-21-14-7-5-12(10-15(14)22-2)18-16(19)11-24-17(20)8-6-13-4-3-9-23-13/h3-10H,11H2,1-2H3,(H,18,19)/b8-6+. The number of anilines is 1. The van der Waals surface area contributed by atoms with Crippen LogP contribution in [0.3, 0.4) is 0 Å². The summed E-state index contributed by atoms with van der Waals surface area (Å²) in [6.45, 7) is -0.407. The van der Waals surface area contributed by atoms with Gasteiger partial charge in [0.15, 0.2) is 18.1 Å². The minimum absolute atomic E-state index is 0.407. The number of ether oxygens (including phenoxy) is 3. The summed E-state index contributed by atoms with van der Waals surface area (Å²) in [5.74, 6) is 0.427. The second-order valence-corrected chi connectivity index (χ2v) is 4.57. The van der Waals surface area contributed by atoms with E-state index in [9.17, 15) is 9.59 Å². The highest BCUT2D eigenvalue weighted by atomic mass is 16.5. The minimum atomic E-state index is -0.645. The van der Waals surface area contributed by atoms with Crippen LogP contribution in [0.15, 0.2) is 47.1 Å². The maximum Gasteiger partial charge on any atom is 0.331 e. The SMILES string of the molecule is COc1ccc(NC(=O)COC(=O)/C=C/c2ccco2)cc1OC. The summed E-state index contributed by atoms with van der Waals surface area (Å²) in [5.41, 5.74) is 0.500. The molecule has 0 bridgehead atoms. The van der Waals surface area contributed by atoms with Crippen molar-refractivity contribution in [2.45, 2.75) is 0 Å². The zero-order valence-electron chi connectivity index (χ0n) is 13.3. The van der Waals surface area contributed by atoms with Gasteiger partial charge in [0.2, 0.25) is 0 Å². The Morgan fingerprint density at radius 1 is 1.17 bits per heavy atom. The van der Waals surface area contributed by atoms with Gasteiger partial charge in [0.1, 0.15) is 5.76 Å². The van der Waals surface area contributed by atoms with Gasteiger partial charge < -0.3 is 23.9 Å². The third-order valence-electron chi connectivity index (χ3n) is 2.94. The molecular weight excluding hydrogens is 314 g/mol. The normalized spacial score (nSPS) is 10.4. The average Bonchev–Trinajstić information content (AvgIpc) is 3.11. The van der Waals surface area contributed by atoms with E-state index in [1.165, 1.54) is 32.6 Å². The number of carbonyl (C=O) groups excluding carboxylic acids is 2. The molecule has 0 saturated heterocycles. The van der Waals surface area contributed by atoms with Crippen LogP contribution in [-0.2, 0) is 14.3 Å². The molecule has 0 radical (unpaired) electrons. The van der Waals surface area contributed by atoms with Crippen molar-refractivity contribution in [3.05, 3.63) is 48.4 Å². The monoisotopic (exact) mass is 331 g/mol. The molecule has 7 nitrogen and oxygen atoms in total. The van der Waals surface area contributed by atoms with Crippen molar-refractivity contribution >= 4 is 23.6 Å². The van der Waals surface area contributed by atoms with Crippen LogP contribution in [0.25, 0.3) is 6.08 Å². The molecule has 126 valence electrons. The molecule has 1 N–H and O–H groups in total. The predicted octanol–water partition coefficient (Wildman–Crippen LogP) is 2.49. The second-order valence-electron chi connectivity index (χ2n) is 4.57. The van der Waals surface area contributed by atoms with E-state index in [-0.39, 0.29) is 0 Å². The van der Waals surface area contributed by atoms with Crippen LogP contribution < -0.4 is 14.8 Å². The van der Waals surface area contributed by atoms with Crippen molar-refractivity contribution < 1.29 is 28.2 Å². The Labute approximate surface area is 138 Å². The van der Waals surface area contributed by atoms with Gasteiger partial charge in [0, 0.05) is 17.8 Å². The Bertz CT molecular complexity index is 721. The van der Waals surface area contributed by atoms with Crippen LogP contribution in [0.4, 0.5) is 5.69 Å². The number of benzene rings is 1. The highest BCUT2D eigenvalue weighted by Crippen LogP contribution is 2.29. The van der Waals surface area contributed by atoms with Crippen molar-refractivity contribution in [2.24, 2.45) is 0 Å². The van der Waals surface area contributed by atoms with E-state index in [0.717, 1.165) is 0 Å². The smallest absolute Gasteiger partial charge is 0.331 e. The average molecular weight is 331 g/mol. The quantitative estimate of drug-likeness (QED) is 0.619. The topological polar surface area (TPSA) is 87.0 Å². The molecular formula is C17H17NO6. The fourth-order valence-electron chi connectivity index (χ4n) is 1.83. The lowest BCUT2D eigenvalue weighted by molar-refractivity contribution is -0.142. The molecule has 1 heterocycles. The summed E-state index contributed by atoms with van der Waals surface area (Å²) in [5, 5.41) is 2.60. The number of rotatable bonds is 7. The van der Waals surface area contributed by atoms with Crippen molar-refractivity contribution in [1.82, 2.24) is 0 Å². The maximum atomic E-state index is 11.8. The number of esters is 1. The van der Waals surface area contributed by atoms with Gasteiger partial charge in [-0.1, -0.05) is 0 Å². The molecule has 1 aromatic carbocycles. The summed E-state index contributed by atoms with van der Waals surface area (Å²) in [7, 11) is 3.02. The van der Waals surface area contributed by atoms with Crippen molar-refractivity contribution in [1.29, 1.82) is 0 Å². The predicted molar refractivity (Wildman–Crippen MR) is 86.9 cm³/mol. The van der Waals surface area contributed by atoms with Gasteiger partial charge in [-0.15, -0.1) is 0 Å². The van der Waals surface area contributed by atoms with E-state index in [2.05, 4.69) is 5.32 Å². The van der Waals surface area contributed by atoms with Crippen molar-refractivity contribution in [2.75, 3.05) is 26.1 Å². The van der Waals surface area contributed by atoms with Crippen LogP contribution in [-0.4, -0.2) is 32.7 Å². The number of nitrogens with one attached hydrogen (secondary N) is 1. The summed E-state index contributed by atoms with van der Waals surface area (Å²) in [6, 6.07) is 8.30. The number of furan rings is 1. The van der Waals surface area contributed by atoms with Gasteiger partial charge in [-0.2, -0.15) is 0 Å². The minimum Gasteiger partial charge on any atom is -0.493 e. The van der Waals surface area contributed by atoms with Crippen LogP contribution in [0.1, 0.15) is 5.76 Å². The molecule has 1 aromatic heterocycles. The Kier molecular flexibility index (Phi) is 6.01. The first-order valence-corrected chi connectivity index (χ1v) is 7.02. The molecule has 0 spiro atoms. The van der Waals surface area contributed by atoms with E-state index in [1.54, 1.807) is 30.3 Å². The van der Waals surface area contributed by atoms with Crippen LogP contribution in [0, 0.1) is 0 Å². The molecule has 2 aromatic rings. The number of hydrogen-bond acceptors (Lipinski definition) is 6. The molecule has 0 atom stereocenters. The molecule has 0 aliphatic carbocycles. The second kappa shape index (κ2) is 8.42. The number of hydrogen-bond donors (Lipinski definition) is 1. The Hall–Kier alpha value is -3.22. The third kappa shape index (κ3) is 4.91. The zero-order valence-corrected chi connectivity index (χ0v) is 13.3. The molecule has 0 aliphatic heterocycles. The molecule has 1 amide bonds. The third-order valence-corrected chi connectivity index (χ3v) is 2.94. The van der Waals surface area contributed by atoms with E-state index >= 15 is 0 Å². The Balaban J connectivity index is 1.83. The molecule has 7 heteroatoms. The van der Waals surface area contributed by atoms with Crippen LogP contribution >= 0.6 is 0 Å². The summed E-state index contributed by atoms with van der Waals surface area (Å²) in [4.78, 5) is 23.3. The molecule has 2 rings (SSSR count). The largest absolute Gasteiger partial charge is 0.493 e. The zero-order chi connectivity index (χ0) is 17.4. The number of methoxy groups -OCH3 is 2. The summed E-state index contributed by atoms with van der Waals surface area (Å²) < 4.78 is 20.1. The highest BCUT2D eigenvalue weighted by molar-refractivity contribution is 5.94. The molecule has 0 fully saturated rings. The van der Waals surface area contributed by atoms with E-state index < -0.39 is 18.5 Å². The maximum absolute atomic E-state index is 11.8. The molecule has 0 saturated carbocycles. The first-order valence-electron chi connectivity index (χ1n) is 7.02. The first-order chi connectivity index (χ1) is 11.6. The summed E-state index contributed by atoms with van der Waals surface area (Å²) in [6.07, 6.45) is 4.12.